The Bertz CT molecular complexity index is 1120. The van der Waals surface area contributed by atoms with Gasteiger partial charge in [0.15, 0.2) is 0 Å². The number of rotatable bonds is 2. The van der Waals surface area contributed by atoms with Crippen LogP contribution in [0.3, 0.4) is 0 Å². The van der Waals surface area contributed by atoms with Gasteiger partial charge >= 0.3 is 0 Å². The molecular formula is C23H27N3O3. The predicted octanol–water partition coefficient (Wildman–Crippen LogP) is 3.65. The summed E-state index contributed by atoms with van der Waals surface area (Å²) in [5.41, 5.74) is 9.21. The Morgan fingerprint density at radius 1 is 1.31 bits per heavy atom. The monoisotopic (exact) mass is 393 g/mol. The topological polar surface area (TPSA) is 92.3 Å². The molecule has 29 heavy (non-hydrogen) atoms. The number of piperidine rings is 1. The van der Waals surface area contributed by atoms with Crippen LogP contribution in [0.5, 0.6) is 0 Å². The summed E-state index contributed by atoms with van der Waals surface area (Å²) in [5.74, 6) is -0.0714. The summed E-state index contributed by atoms with van der Waals surface area (Å²) in [4.78, 5) is 30.2. The van der Waals surface area contributed by atoms with Crippen molar-refractivity contribution in [3.63, 3.8) is 0 Å². The van der Waals surface area contributed by atoms with Crippen molar-refractivity contribution < 1.29 is 9.21 Å². The molecule has 3 N–H and O–H groups in total. The lowest BCUT2D eigenvalue weighted by atomic mass is 9.84. The molecular weight excluding hydrogens is 366 g/mol. The molecule has 6 nitrogen and oxygen atoms in total. The summed E-state index contributed by atoms with van der Waals surface area (Å²) in [6, 6.07) is 7.47. The third-order valence-corrected chi connectivity index (χ3v) is 5.59. The Balaban J connectivity index is 1.90. The number of nitrogens with zero attached hydrogens (tertiary/aromatic N) is 1. The van der Waals surface area contributed by atoms with E-state index < -0.39 is 0 Å². The highest BCUT2D eigenvalue weighted by Gasteiger charge is 2.28. The van der Waals surface area contributed by atoms with Crippen LogP contribution in [0, 0.1) is 0 Å². The number of aromatic nitrogens is 1. The first-order chi connectivity index (χ1) is 13.8. The van der Waals surface area contributed by atoms with Crippen molar-refractivity contribution in [2.75, 3.05) is 13.1 Å². The second kappa shape index (κ2) is 7.19. The van der Waals surface area contributed by atoms with E-state index in [-0.39, 0.29) is 22.9 Å². The van der Waals surface area contributed by atoms with Crippen molar-refractivity contribution in [3.05, 3.63) is 58.2 Å². The van der Waals surface area contributed by atoms with E-state index in [0.717, 1.165) is 29.4 Å². The SMILES string of the molecule is CC(C)(C)c1cc(-c2ccc[nH]c2=O)cc2c(C(=O)N3CCC[C@@H](N)C3)coc12. The van der Waals surface area contributed by atoms with E-state index in [1.165, 1.54) is 0 Å². The average Bonchev–Trinajstić information content (AvgIpc) is 3.10. The van der Waals surface area contributed by atoms with Gasteiger partial charge in [0.2, 0.25) is 0 Å². The second-order valence-electron chi connectivity index (χ2n) is 8.87. The van der Waals surface area contributed by atoms with E-state index in [2.05, 4.69) is 25.8 Å². The van der Waals surface area contributed by atoms with Crippen molar-refractivity contribution in [3.8, 4) is 11.1 Å². The van der Waals surface area contributed by atoms with Crippen molar-refractivity contribution in [2.24, 2.45) is 5.73 Å². The Labute approximate surface area is 169 Å². The number of pyridine rings is 1. The van der Waals surface area contributed by atoms with E-state index >= 15 is 0 Å². The van der Waals surface area contributed by atoms with E-state index in [0.29, 0.717) is 29.8 Å². The normalized spacial score (nSPS) is 17.7. The summed E-state index contributed by atoms with van der Waals surface area (Å²) in [7, 11) is 0. The van der Waals surface area contributed by atoms with E-state index in [1.54, 1.807) is 29.5 Å². The molecule has 1 saturated heterocycles. The molecule has 2 aromatic heterocycles. The first kappa shape index (κ1) is 19.5. The van der Waals surface area contributed by atoms with Crippen LogP contribution in [0.4, 0.5) is 0 Å². The van der Waals surface area contributed by atoms with Crippen LogP contribution in [-0.2, 0) is 5.41 Å². The van der Waals surface area contributed by atoms with E-state index in [9.17, 15) is 9.59 Å². The highest BCUT2D eigenvalue weighted by molar-refractivity contribution is 6.07. The van der Waals surface area contributed by atoms with Crippen LogP contribution in [0.2, 0.25) is 0 Å². The standard InChI is InChI=1S/C23H27N3O3/c1-23(2,3)19-11-14(16-7-4-8-25-21(16)27)10-17-18(13-29-20(17)19)22(28)26-9-5-6-15(24)12-26/h4,7-8,10-11,13,15H,5-6,9,12,24H2,1-3H3,(H,25,27)/t15-/m1/s1. The fourth-order valence-corrected chi connectivity index (χ4v) is 4.03. The first-order valence-electron chi connectivity index (χ1n) is 10.0. The maximum Gasteiger partial charge on any atom is 0.257 e. The largest absolute Gasteiger partial charge is 0.463 e. The van der Waals surface area contributed by atoms with Gasteiger partial charge in [0.1, 0.15) is 11.8 Å². The highest BCUT2D eigenvalue weighted by Crippen LogP contribution is 2.37. The number of likely N-dealkylation sites (tertiary alicyclic amines) is 1. The number of benzene rings is 1. The highest BCUT2D eigenvalue weighted by atomic mass is 16.3. The molecule has 3 heterocycles. The summed E-state index contributed by atoms with van der Waals surface area (Å²) in [6.45, 7) is 7.52. The number of carbonyl (C=O) groups is 1. The molecule has 1 fully saturated rings. The number of hydrogen-bond acceptors (Lipinski definition) is 4. The van der Waals surface area contributed by atoms with Crippen molar-refractivity contribution in [1.29, 1.82) is 0 Å². The number of amides is 1. The Hall–Kier alpha value is -2.86. The number of aromatic amines is 1. The zero-order valence-electron chi connectivity index (χ0n) is 17.1. The third kappa shape index (κ3) is 3.60. The van der Waals surface area contributed by atoms with Gasteiger partial charge in [-0.3, -0.25) is 9.59 Å². The number of H-pyrrole nitrogens is 1. The molecule has 6 heteroatoms. The minimum absolute atomic E-state index is 0.00874. The summed E-state index contributed by atoms with van der Waals surface area (Å²) in [5, 5.41) is 0.736. The Morgan fingerprint density at radius 2 is 2.10 bits per heavy atom. The molecule has 0 saturated carbocycles. The van der Waals surface area contributed by atoms with Crippen LogP contribution >= 0.6 is 0 Å². The lowest BCUT2D eigenvalue weighted by Gasteiger charge is -2.30. The third-order valence-electron chi connectivity index (χ3n) is 5.59. The predicted molar refractivity (Wildman–Crippen MR) is 114 cm³/mol. The maximum atomic E-state index is 13.2. The van der Waals surface area contributed by atoms with Crippen molar-refractivity contribution >= 4 is 16.9 Å². The fraction of sp³-hybridized carbons (Fsp3) is 0.391. The van der Waals surface area contributed by atoms with Crippen molar-refractivity contribution in [2.45, 2.75) is 45.1 Å². The molecule has 4 rings (SSSR count). The first-order valence-corrected chi connectivity index (χ1v) is 10.0. The summed E-state index contributed by atoms with van der Waals surface area (Å²) in [6.07, 6.45) is 4.99. The van der Waals surface area contributed by atoms with Gasteiger partial charge in [-0.15, -0.1) is 0 Å². The van der Waals surface area contributed by atoms with E-state index in [1.807, 2.05) is 12.1 Å². The zero-order chi connectivity index (χ0) is 20.8. The van der Waals surface area contributed by atoms with Gasteiger partial charge < -0.3 is 20.0 Å². The zero-order valence-corrected chi connectivity index (χ0v) is 17.1. The van der Waals surface area contributed by atoms with Gasteiger partial charge in [0.05, 0.1) is 5.56 Å². The lowest BCUT2D eigenvalue weighted by Crippen LogP contribution is -2.45. The number of carbonyl (C=O) groups excluding carboxylic acids is 1. The molecule has 152 valence electrons. The number of fused-ring (bicyclic) bond motifs is 1. The second-order valence-corrected chi connectivity index (χ2v) is 8.87. The smallest absolute Gasteiger partial charge is 0.257 e. The molecule has 0 aliphatic carbocycles. The lowest BCUT2D eigenvalue weighted by molar-refractivity contribution is 0.0710. The molecule has 3 aromatic rings. The van der Waals surface area contributed by atoms with Gasteiger partial charge in [-0.25, -0.2) is 0 Å². The van der Waals surface area contributed by atoms with Crippen LogP contribution in [0.25, 0.3) is 22.1 Å². The molecule has 0 radical (unpaired) electrons. The minimum Gasteiger partial charge on any atom is -0.463 e. The molecule has 0 spiro atoms. The molecule has 1 aliphatic heterocycles. The van der Waals surface area contributed by atoms with Crippen LogP contribution < -0.4 is 11.3 Å². The van der Waals surface area contributed by atoms with Crippen LogP contribution in [0.1, 0.15) is 49.5 Å². The van der Waals surface area contributed by atoms with Gasteiger partial charge in [0.25, 0.3) is 11.5 Å². The van der Waals surface area contributed by atoms with E-state index in [4.69, 9.17) is 10.2 Å². The minimum atomic E-state index is -0.221. The number of hydrogen-bond donors (Lipinski definition) is 2. The molecule has 1 aromatic carbocycles. The quantitative estimate of drug-likeness (QED) is 0.695. The van der Waals surface area contributed by atoms with Gasteiger partial charge in [-0.1, -0.05) is 20.8 Å². The fourth-order valence-electron chi connectivity index (χ4n) is 4.03. The number of furan rings is 1. The molecule has 1 aliphatic rings. The van der Waals surface area contributed by atoms with Crippen LogP contribution in [0.15, 0.2) is 45.9 Å². The molecule has 0 unspecified atom stereocenters. The molecule has 1 amide bonds. The summed E-state index contributed by atoms with van der Waals surface area (Å²) < 4.78 is 5.90. The van der Waals surface area contributed by atoms with Crippen LogP contribution in [-0.4, -0.2) is 34.9 Å². The maximum absolute atomic E-state index is 13.2. The van der Waals surface area contributed by atoms with Gasteiger partial charge in [0, 0.05) is 41.8 Å². The Kier molecular flexibility index (Phi) is 4.82. The van der Waals surface area contributed by atoms with Gasteiger partial charge in [-0.2, -0.15) is 0 Å². The van der Waals surface area contributed by atoms with Gasteiger partial charge in [-0.05, 0) is 48.1 Å². The Morgan fingerprint density at radius 3 is 2.79 bits per heavy atom. The summed E-state index contributed by atoms with van der Waals surface area (Å²) >= 11 is 0. The molecule has 0 bridgehead atoms. The average molecular weight is 393 g/mol. The number of nitrogens with two attached hydrogens (primary N) is 1. The van der Waals surface area contributed by atoms with Crippen molar-refractivity contribution in [1.82, 2.24) is 9.88 Å². The molecule has 1 atom stereocenters. The number of nitrogens with one attached hydrogen (secondary N) is 1.